The molecule has 0 fully saturated rings. The quantitative estimate of drug-likeness (QED) is 0.804. The van der Waals surface area contributed by atoms with E-state index in [9.17, 15) is 13.2 Å². The molecule has 2 N–H and O–H groups in total. The largest absolute Gasteiger partial charge is 0.478 e. The fraction of sp³-hybridized carbons (Fsp3) is 0.364. The van der Waals surface area contributed by atoms with Gasteiger partial charge in [-0.3, -0.25) is 0 Å². The molecule has 19 heavy (non-hydrogen) atoms. The first kappa shape index (κ1) is 16.5. The highest BCUT2D eigenvalue weighted by Crippen LogP contribution is 2.23. The van der Waals surface area contributed by atoms with Gasteiger partial charge < -0.3 is 5.11 Å². The highest BCUT2D eigenvalue weighted by Gasteiger charge is 2.21. The van der Waals surface area contributed by atoms with E-state index in [0.29, 0.717) is 5.75 Å². The van der Waals surface area contributed by atoms with Crippen LogP contribution in [-0.4, -0.2) is 37.5 Å². The molecule has 0 heterocycles. The molecule has 0 radical (unpaired) electrons. The Balaban J connectivity index is 3.05. The minimum absolute atomic E-state index is 0.0305. The van der Waals surface area contributed by atoms with Crippen molar-refractivity contribution < 1.29 is 18.3 Å². The molecule has 0 aliphatic heterocycles. The number of thioether (sulfide) groups is 1. The number of carboxylic acid groups (broad SMARTS) is 1. The van der Waals surface area contributed by atoms with E-state index in [1.54, 1.807) is 6.92 Å². The summed E-state index contributed by atoms with van der Waals surface area (Å²) in [5, 5.41) is 8.83. The van der Waals surface area contributed by atoms with Crippen molar-refractivity contribution in [3.63, 3.8) is 0 Å². The lowest BCUT2D eigenvalue weighted by atomic mass is 10.2. The smallest absolute Gasteiger partial charge is 0.335 e. The molecule has 0 bridgehead atoms. The molecular formula is C11H14BrNO4S2. The molecule has 0 aromatic heterocycles. The van der Waals surface area contributed by atoms with Gasteiger partial charge >= 0.3 is 5.97 Å². The molecule has 1 aromatic carbocycles. The molecule has 8 heteroatoms. The van der Waals surface area contributed by atoms with Gasteiger partial charge in [0.1, 0.15) is 0 Å². The van der Waals surface area contributed by atoms with Gasteiger partial charge in [-0.25, -0.2) is 17.9 Å². The highest BCUT2D eigenvalue weighted by molar-refractivity contribution is 9.10. The Hall–Kier alpha value is -0.570. The second-order valence-electron chi connectivity index (χ2n) is 3.93. The van der Waals surface area contributed by atoms with Crippen molar-refractivity contribution in [1.82, 2.24) is 4.72 Å². The maximum Gasteiger partial charge on any atom is 0.335 e. The van der Waals surface area contributed by atoms with Crippen molar-refractivity contribution in [2.24, 2.45) is 0 Å². The van der Waals surface area contributed by atoms with Crippen molar-refractivity contribution in [1.29, 1.82) is 0 Å². The van der Waals surface area contributed by atoms with Crippen LogP contribution in [0.4, 0.5) is 0 Å². The average molecular weight is 368 g/mol. The topological polar surface area (TPSA) is 83.5 Å². The van der Waals surface area contributed by atoms with Gasteiger partial charge in [0.05, 0.1) is 10.5 Å². The highest BCUT2D eigenvalue weighted by atomic mass is 79.9. The zero-order chi connectivity index (χ0) is 14.6. The van der Waals surface area contributed by atoms with Crippen LogP contribution in [0, 0.1) is 0 Å². The summed E-state index contributed by atoms with van der Waals surface area (Å²) in [7, 11) is -3.66. The zero-order valence-corrected chi connectivity index (χ0v) is 13.6. The Morgan fingerprint density at radius 2 is 2.16 bits per heavy atom. The molecule has 106 valence electrons. The third-order valence-corrected chi connectivity index (χ3v) is 5.64. The Morgan fingerprint density at radius 1 is 1.53 bits per heavy atom. The molecule has 1 rings (SSSR count). The van der Waals surface area contributed by atoms with Gasteiger partial charge in [0.25, 0.3) is 0 Å². The van der Waals surface area contributed by atoms with Crippen LogP contribution in [-0.2, 0) is 10.0 Å². The van der Waals surface area contributed by atoms with E-state index in [1.807, 2.05) is 6.26 Å². The molecule has 0 saturated heterocycles. The van der Waals surface area contributed by atoms with E-state index in [-0.39, 0.29) is 21.0 Å². The molecule has 1 atom stereocenters. The zero-order valence-electron chi connectivity index (χ0n) is 10.4. The summed E-state index contributed by atoms with van der Waals surface area (Å²) < 4.78 is 27.0. The van der Waals surface area contributed by atoms with Crippen molar-refractivity contribution in [2.75, 3.05) is 12.0 Å². The minimum atomic E-state index is -3.66. The van der Waals surface area contributed by atoms with E-state index in [1.165, 1.54) is 30.0 Å². The molecule has 0 amide bonds. The summed E-state index contributed by atoms with van der Waals surface area (Å²) in [6, 6.07) is 3.62. The average Bonchev–Trinajstić information content (AvgIpc) is 2.27. The number of hydrogen-bond acceptors (Lipinski definition) is 4. The number of carbonyl (C=O) groups is 1. The number of hydrogen-bond donors (Lipinski definition) is 2. The number of aromatic carboxylic acids is 1. The van der Waals surface area contributed by atoms with Crippen molar-refractivity contribution in [2.45, 2.75) is 17.9 Å². The Bertz CT molecular complexity index is 574. The first-order valence-electron chi connectivity index (χ1n) is 5.32. The van der Waals surface area contributed by atoms with Gasteiger partial charge in [-0.15, -0.1) is 0 Å². The maximum atomic E-state index is 12.1. The van der Waals surface area contributed by atoms with Crippen LogP contribution in [0.25, 0.3) is 0 Å². The predicted molar refractivity (Wildman–Crippen MR) is 79.3 cm³/mol. The molecule has 1 aromatic rings. The monoisotopic (exact) mass is 367 g/mol. The first-order chi connectivity index (χ1) is 8.77. The lowest BCUT2D eigenvalue weighted by Crippen LogP contribution is -2.34. The van der Waals surface area contributed by atoms with Crippen LogP contribution >= 0.6 is 27.7 Å². The number of halogens is 1. The van der Waals surface area contributed by atoms with Gasteiger partial charge in [0.2, 0.25) is 10.0 Å². The summed E-state index contributed by atoms with van der Waals surface area (Å²) in [6.45, 7) is 1.77. The number of rotatable bonds is 6. The third kappa shape index (κ3) is 4.48. The van der Waals surface area contributed by atoms with E-state index in [4.69, 9.17) is 5.11 Å². The number of sulfonamides is 1. The summed E-state index contributed by atoms with van der Waals surface area (Å²) in [4.78, 5) is 10.8. The lowest BCUT2D eigenvalue weighted by molar-refractivity contribution is 0.0696. The maximum absolute atomic E-state index is 12.1. The molecule has 0 aliphatic carbocycles. The summed E-state index contributed by atoms with van der Waals surface area (Å²) in [5.41, 5.74) is 0.0305. The Labute approximate surface area is 125 Å². The molecule has 5 nitrogen and oxygen atoms in total. The van der Waals surface area contributed by atoms with Crippen LogP contribution in [0.1, 0.15) is 17.3 Å². The van der Waals surface area contributed by atoms with Gasteiger partial charge in [-0.2, -0.15) is 11.8 Å². The predicted octanol–water partition coefficient (Wildman–Crippen LogP) is 2.18. The van der Waals surface area contributed by atoms with E-state index >= 15 is 0 Å². The Kier molecular flexibility index (Phi) is 5.84. The molecular weight excluding hydrogens is 354 g/mol. The van der Waals surface area contributed by atoms with Crippen LogP contribution in [0.2, 0.25) is 0 Å². The summed E-state index contributed by atoms with van der Waals surface area (Å²) in [5.74, 6) is -0.447. The first-order valence-corrected chi connectivity index (χ1v) is 8.99. The molecule has 1 unspecified atom stereocenters. The SMILES string of the molecule is CSCC(C)NS(=O)(=O)c1ccc(C(=O)O)cc1Br. The molecule has 0 spiro atoms. The number of benzene rings is 1. The fourth-order valence-electron chi connectivity index (χ4n) is 1.46. The van der Waals surface area contributed by atoms with Crippen molar-refractivity contribution >= 4 is 43.7 Å². The third-order valence-electron chi connectivity index (χ3n) is 2.24. The van der Waals surface area contributed by atoms with Gasteiger partial charge in [-0.05, 0) is 47.3 Å². The van der Waals surface area contributed by atoms with E-state index < -0.39 is 16.0 Å². The standard InChI is InChI=1S/C11H14BrNO4S2/c1-7(6-18-2)13-19(16,17)10-4-3-8(11(14)15)5-9(10)12/h3-5,7,13H,6H2,1-2H3,(H,14,15). The van der Waals surface area contributed by atoms with Crippen molar-refractivity contribution in [3.05, 3.63) is 28.2 Å². The minimum Gasteiger partial charge on any atom is -0.478 e. The number of carboxylic acids is 1. The van der Waals surface area contributed by atoms with Crippen molar-refractivity contribution in [3.8, 4) is 0 Å². The van der Waals surface area contributed by atoms with E-state index in [0.717, 1.165) is 0 Å². The second kappa shape index (κ2) is 6.74. The second-order valence-corrected chi connectivity index (χ2v) is 7.38. The van der Waals surface area contributed by atoms with Crippen LogP contribution < -0.4 is 4.72 Å². The molecule has 0 saturated carbocycles. The van der Waals surface area contributed by atoms with Gasteiger partial charge in [0.15, 0.2) is 0 Å². The van der Waals surface area contributed by atoms with Gasteiger partial charge in [-0.1, -0.05) is 0 Å². The van der Waals surface area contributed by atoms with E-state index in [2.05, 4.69) is 20.7 Å². The van der Waals surface area contributed by atoms with Crippen LogP contribution in [0.3, 0.4) is 0 Å². The summed E-state index contributed by atoms with van der Waals surface area (Å²) >= 11 is 4.63. The van der Waals surface area contributed by atoms with Gasteiger partial charge in [0, 0.05) is 16.3 Å². The number of nitrogens with one attached hydrogen (secondary N) is 1. The molecule has 0 aliphatic rings. The summed E-state index contributed by atoms with van der Waals surface area (Å²) in [6.07, 6.45) is 1.89. The normalized spacial score (nSPS) is 13.2. The van der Waals surface area contributed by atoms with Crippen LogP contribution in [0.15, 0.2) is 27.6 Å². The lowest BCUT2D eigenvalue weighted by Gasteiger charge is -2.14. The Morgan fingerprint density at radius 3 is 2.63 bits per heavy atom. The van der Waals surface area contributed by atoms with Crippen LogP contribution in [0.5, 0.6) is 0 Å². The fourth-order valence-corrected chi connectivity index (χ4v) is 4.47.